The highest BCUT2D eigenvalue weighted by atomic mass is 35.5. The predicted molar refractivity (Wildman–Crippen MR) is 137 cm³/mol. The summed E-state index contributed by atoms with van der Waals surface area (Å²) in [4.78, 5) is 12.6. The standard InChI is InChI=1S/C26H23Cl2NO4S/c1-13(2)24-18(23(29-33-24)22-19(27)6-5-7-20(22)28)12-32-16-8-9-17(14(3)10-16)25-15(4)11-21(34-25)26(30)31/h5-11,13H,12H2,1-4H3,(H,30,31). The Balaban J connectivity index is 1.64. The fourth-order valence-corrected chi connectivity index (χ4v) is 5.51. The van der Waals surface area contributed by atoms with Crippen molar-refractivity contribution in [3.63, 3.8) is 0 Å². The minimum absolute atomic E-state index is 0.0930. The van der Waals surface area contributed by atoms with E-state index in [0.29, 0.717) is 31.9 Å². The third kappa shape index (κ3) is 4.71. The quantitative estimate of drug-likeness (QED) is 0.267. The lowest BCUT2D eigenvalue weighted by atomic mass is 10.0. The van der Waals surface area contributed by atoms with Gasteiger partial charge in [-0.1, -0.05) is 48.3 Å². The molecule has 0 aliphatic carbocycles. The summed E-state index contributed by atoms with van der Waals surface area (Å²) in [6.07, 6.45) is 0. The molecule has 0 atom stereocenters. The number of aryl methyl sites for hydroxylation is 2. The molecular weight excluding hydrogens is 493 g/mol. The first kappa shape index (κ1) is 24.3. The van der Waals surface area contributed by atoms with E-state index < -0.39 is 5.97 Å². The number of halogens is 2. The zero-order valence-electron chi connectivity index (χ0n) is 19.1. The summed E-state index contributed by atoms with van der Waals surface area (Å²) in [5.41, 5.74) is 4.90. The van der Waals surface area contributed by atoms with E-state index in [0.717, 1.165) is 32.9 Å². The first-order valence-corrected chi connectivity index (χ1v) is 12.2. The molecule has 0 spiro atoms. The summed E-state index contributed by atoms with van der Waals surface area (Å²) in [5, 5.41) is 14.6. The van der Waals surface area contributed by atoms with E-state index in [1.165, 1.54) is 11.3 Å². The molecule has 2 aromatic carbocycles. The molecule has 0 saturated heterocycles. The van der Waals surface area contributed by atoms with Crippen LogP contribution in [0.1, 0.15) is 51.9 Å². The van der Waals surface area contributed by atoms with Gasteiger partial charge in [-0.05, 0) is 66.9 Å². The number of carboxylic acids is 1. The van der Waals surface area contributed by atoms with E-state index in [9.17, 15) is 9.90 Å². The van der Waals surface area contributed by atoms with Gasteiger partial charge in [-0.3, -0.25) is 0 Å². The number of hydrogen-bond donors (Lipinski definition) is 1. The zero-order valence-corrected chi connectivity index (χ0v) is 21.4. The molecule has 5 nitrogen and oxygen atoms in total. The third-order valence-corrected chi connectivity index (χ3v) is 7.39. The van der Waals surface area contributed by atoms with Gasteiger partial charge in [-0.25, -0.2) is 4.79 Å². The number of ether oxygens (including phenoxy) is 1. The van der Waals surface area contributed by atoms with Crippen LogP contribution in [0.4, 0.5) is 0 Å². The van der Waals surface area contributed by atoms with E-state index >= 15 is 0 Å². The van der Waals surface area contributed by atoms with Crippen molar-refractivity contribution < 1.29 is 19.2 Å². The lowest BCUT2D eigenvalue weighted by Gasteiger charge is -2.12. The van der Waals surface area contributed by atoms with E-state index in [4.69, 9.17) is 32.5 Å². The van der Waals surface area contributed by atoms with Crippen LogP contribution in [0.15, 0.2) is 47.0 Å². The molecule has 2 aromatic heterocycles. The van der Waals surface area contributed by atoms with Gasteiger partial charge in [0.05, 0.1) is 15.6 Å². The van der Waals surface area contributed by atoms with E-state index in [-0.39, 0.29) is 12.5 Å². The van der Waals surface area contributed by atoms with Crippen molar-refractivity contribution in [3.05, 3.63) is 79.8 Å². The second-order valence-corrected chi connectivity index (χ2v) is 10.2. The Morgan fingerprint density at radius 2 is 1.82 bits per heavy atom. The van der Waals surface area contributed by atoms with Crippen molar-refractivity contribution in [3.8, 4) is 27.4 Å². The van der Waals surface area contributed by atoms with Crippen molar-refractivity contribution in [1.82, 2.24) is 5.16 Å². The van der Waals surface area contributed by atoms with Crippen LogP contribution < -0.4 is 4.74 Å². The first-order chi connectivity index (χ1) is 16.2. The number of rotatable bonds is 7. The molecular formula is C26H23Cl2NO4S. The van der Waals surface area contributed by atoms with Crippen molar-refractivity contribution >= 4 is 40.5 Å². The Kier molecular flexibility index (Phi) is 7.03. The van der Waals surface area contributed by atoms with Gasteiger partial charge in [0.2, 0.25) is 0 Å². The molecule has 176 valence electrons. The molecule has 0 saturated carbocycles. The molecule has 4 rings (SSSR count). The van der Waals surface area contributed by atoms with Gasteiger partial charge in [0.15, 0.2) is 0 Å². The number of hydrogen-bond acceptors (Lipinski definition) is 5. The Bertz CT molecular complexity index is 1350. The smallest absolute Gasteiger partial charge is 0.345 e. The number of aromatic nitrogens is 1. The summed E-state index contributed by atoms with van der Waals surface area (Å²) >= 11 is 14.1. The summed E-state index contributed by atoms with van der Waals surface area (Å²) in [6, 6.07) is 12.8. The lowest BCUT2D eigenvalue weighted by Crippen LogP contribution is -2.01. The number of nitrogens with zero attached hydrogens (tertiary/aromatic N) is 1. The van der Waals surface area contributed by atoms with Crippen molar-refractivity contribution in [2.45, 2.75) is 40.2 Å². The van der Waals surface area contributed by atoms with Crippen LogP contribution in [-0.4, -0.2) is 16.2 Å². The van der Waals surface area contributed by atoms with E-state index in [1.807, 2.05) is 45.9 Å². The number of carbonyl (C=O) groups is 1. The van der Waals surface area contributed by atoms with Crippen LogP contribution in [0, 0.1) is 13.8 Å². The maximum atomic E-state index is 11.3. The molecule has 0 unspecified atom stereocenters. The number of thiophene rings is 1. The Morgan fingerprint density at radius 3 is 2.41 bits per heavy atom. The van der Waals surface area contributed by atoms with Crippen LogP contribution in [0.5, 0.6) is 5.75 Å². The summed E-state index contributed by atoms with van der Waals surface area (Å²) in [5.74, 6) is 0.576. The van der Waals surface area contributed by atoms with Crippen LogP contribution >= 0.6 is 34.5 Å². The second-order valence-electron chi connectivity index (χ2n) is 8.32. The van der Waals surface area contributed by atoms with Crippen LogP contribution in [0.3, 0.4) is 0 Å². The van der Waals surface area contributed by atoms with Crippen molar-refractivity contribution in [2.75, 3.05) is 0 Å². The summed E-state index contributed by atoms with van der Waals surface area (Å²) in [6.45, 7) is 8.18. The molecule has 0 aliphatic heterocycles. The van der Waals surface area contributed by atoms with Gasteiger partial charge in [0, 0.05) is 16.4 Å². The molecule has 0 aliphatic rings. The molecule has 1 N–H and O–H groups in total. The van der Waals surface area contributed by atoms with E-state index in [2.05, 4.69) is 5.16 Å². The molecule has 0 bridgehead atoms. The lowest BCUT2D eigenvalue weighted by molar-refractivity contribution is 0.0702. The SMILES string of the molecule is Cc1cc(OCc2c(-c3c(Cl)cccc3Cl)noc2C(C)C)ccc1-c1sc(C(=O)O)cc1C. The highest BCUT2D eigenvalue weighted by molar-refractivity contribution is 7.17. The van der Waals surface area contributed by atoms with E-state index in [1.54, 1.807) is 24.3 Å². The highest BCUT2D eigenvalue weighted by Gasteiger charge is 2.24. The highest BCUT2D eigenvalue weighted by Crippen LogP contribution is 2.39. The Morgan fingerprint density at radius 1 is 1.12 bits per heavy atom. The van der Waals surface area contributed by atoms with Crippen LogP contribution in [-0.2, 0) is 6.61 Å². The normalized spacial score (nSPS) is 11.3. The van der Waals surface area contributed by atoms with Crippen LogP contribution in [0.2, 0.25) is 10.0 Å². The van der Waals surface area contributed by atoms with Gasteiger partial charge in [0.1, 0.15) is 28.7 Å². The van der Waals surface area contributed by atoms with Gasteiger partial charge >= 0.3 is 5.97 Å². The zero-order chi connectivity index (χ0) is 24.6. The summed E-state index contributed by atoms with van der Waals surface area (Å²) in [7, 11) is 0. The maximum Gasteiger partial charge on any atom is 0.345 e. The first-order valence-electron chi connectivity index (χ1n) is 10.7. The monoisotopic (exact) mass is 515 g/mol. The predicted octanol–water partition coefficient (Wildman–Crippen LogP) is 8.39. The number of aromatic carboxylic acids is 1. The third-order valence-electron chi connectivity index (χ3n) is 5.50. The fourth-order valence-electron chi connectivity index (χ4n) is 3.83. The molecule has 0 amide bonds. The average Bonchev–Trinajstić information content (AvgIpc) is 3.36. The topological polar surface area (TPSA) is 72.6 Å². The molecule has 34 heavy (non-hydrogen) atoms. The van der Waals surface area contributed by atoms with Gasteiger partial charge in [0.25, 0.3) is 0 Å². The molecule has 8 heteroatoms. The molecule has 0 radical (unpaired) electrons. The molecule has 0 fully saturated rings. The van der Waals surface area contributed by atoms with Gasteiger partial charge in [-0.2, -0.15) is 0 Å². The van der Waals surface area contributed by atoms with Gasteiger partial charge in [-0.15, -0.1) is 11.3 Å². The average molecular weight is 516 g/mol. The second kappa shape index (κ2) is 9.82. The Labute approximate surface area is 211 Å². The number of carboxylic acid groups (broad SMARTS) is 1. The molecule has 2 heterocycles. The minimum atomic E-state index is -0.916. The molecule has 4 aromatic rings. The van der Waals surface area contributed by atoms with Gasteiger partial charge < -0.3 is 14.4 Å². The number of benzene rings is 2. The van der Waals surface area contributed by atoms with Crippen molar-refractivity contribution in [2.24, 2.45) is 0 Å². The largest absolute Gasteiger partial charge is 0.489 e. The summed E-state index contributed by atoms with van der Waals surface area (Å²) < 4.78 is 11.8. The minimum Gasteiger partial charge on any atom is -0.489 e. The van der Waals surface area contributed by atoms with Crippen LogP contribution in [0.25, 0.3) is 21.7 Å². The fraction of sp³-hybridized carbons (Fsp3) is 0.231. The van der Waals surface area contributed by atoms with Crippen molar-refractivity contribution in [1.29, 1.82) is 0 Å². The maximum absolute atomic E-state index is 11.3. The Hall–Kier alpha value is -2.80.